The fourth-order valence-corrected chi connectivity index (χ4v) is 2.60. The molecule has 0 aliphatic heterocycles. The van der Waals surface area contributed by atoms with Crippen molar-refractivity contribution in [2.45, 2.75) is 59.2 Å². The van der Waals surface area contributed by atoms with E-state index in [0.717, 1.165) is 23.5 Å². The standard InChI is InChI=1S/C21H33N7O2.HI/c1-7-22-18(24-13-21(5,6)27-19(29)30-20(2,3)4)23-12-15-9-8-10-16(11-15)17-25-14-26-28-17;/h8-11,14H,7,12-13H2,1-6H3,(H,27,29)(H2,22,23,24)(H,25,26,28);1H. The molecule has 1 aromatic heterocycles. The molecular weight excluding hydrogens is 509 g/mol. The van der Waals surface area contributed by atoms with E-state index in [2.05, 4.69) is 36.1 Å². The molecule has 1 aromatic carbocycles. The average molecular weight is 543 g/mol. The molecule has 0 fully saturated rings. The number of amides is 1. The molecule has 0 saturated carbocycles. The SMILES string of the molecule is CCNC(=NCc1cccc(-c2ncn[nH]2)c1)NCC(C)(C)NC(=O)OC(C)(C)C.I. The molecular formula is C21H34IN7O2. The molecule has 0 aliphatic rings. The second-order valence-corrected chi connectivity index (χ2v) is 8.59. The average Bonchev–Trinajstić information content (AvgIpc) is 3.17. The predicted molar refractivity (Wildman–Crippen MR) is 134 cm³/mol. The fraction of sp³-hybridized carbons (Fsp3) is 0.524. The van der Waals surface area contributed by atoms with Crippen LogP contribution < -0.4 is 16.0 Å². The second kappa shape index (κ2) is 11.9. The molecule has 1 heterocycles. The van der Waals surface area contributed by atoms with Gasteiger partial charge in [-0.2, -0.15) is 5.10 Å². The molecule has 0 atom stereocenters. The van der Waals surface area contributed by atoms with Gasteiger partial charge in [0, 0.05) is 18.7 Å². The molecule has 9 nitrogen and oxygen atoms in total. The second-order valence-electron chi connectivity index (χ2n) is 8.59. The van der Waals surface area contributed by atoms with Crippen molar-refractivity contribution in [1.29, 1.82) is 0 Å². The van der Waals surface area contributed by atoms with Crippen LogP contribution in [0.1, 0.15) is 47.1 Å². The summed E-state index contributed by atoms with van der Waals surface area (Å²) in [5.41, 5.74) is 0.947. The Kier molecular flexibility index (Phi) is 10.2. The van der Waals surface area contributed by atoms with E-state index in [9.17, 15) is 4.79 Å². The Bertz CT molecular complexity index is 846. The smallest absolute Gasteiger partial charge is 0.408 e. The number of hydrogen-bond donors (Lipinski definition) is 4. The number of carbonyl (C=O) groups is 1. The van der Waals surface area contributed by atoms with Crippen LogP contribution in [0.2, 0.25) is 0 Å². The summed E-state index contributed by atoms with van der Waals surface area (Å²) in [6.07, 6.45) is 1.04. The van der Waals surface area contributed by atoms with Crippen LogP contribution in [-0.2, 0) is 11.3 Å². The molecule has 2 aromatic rings. The minimum Gasteiger partial charge on any atom is -0.444 e. The highest BCUT2D eigenvalue weighted by Gasteiger charge is 2.24. The maximum absolute atomic E-state index is 12.1. The highest BCUT2D eigenvalue weighted by Crippen LogP contribution is 2.16. The maximum Gasteiger partial charge on any atom is 0.408 e. The van der Waals surface area contributed by atoms with E-state index in [1.807, 2.05) is 65.8 Å². The van der Waals surface area contributed by atoms with Gasteiger partial charge in [-0.1, -0.05) is 18.2 Å². The summed E-state index contributed by atoms with van der Waals surface area (Å²) < 4.78 is 5.34. The first-order valence-electron chi connectivity index (χ1n) is 10.1. The number of hydrogen-bond acceptors (Lipinski definition) is 5. The number of aromatic amines is 1. The molecule has 1 amide bonds. The van der Waals surface area contributed by atoms with E-state index < -0.39 is 17.2 Å². The lowest BCUT2D eigenvalue weighted by Gasteiger charge is -2.29. The first-order valence-corrected chi connectivity index (χ1v) is 10.1. The van der Waals surface area contributed by atoms with Gasteiger partial charge in [0.05, 0.1) is 12.1 Å². The van der Waals surface area contributed by atoms with E-state index in [-0.39, 0.29) is 24.0 Å². The topological polar surface area (TPSA) is 116 Å². The molecule has 31 heavy (non-hydrogen) atoms. The van der Waals surface area contributed by atoms with Gasteiger partial charge in [-0.3, -0.25) is 5.10 Å². The number of nitrogens with one attached hydrogen (secondary N) is 4. The van der Waals surface area contributed by atoms with Crippen LogP contribution in [0.5, 0.6) is 0 Å². The van der Waals surface area contributed by atoms with Crippen molar-refractivity contribution in [3.05, 3.63) is 36.2 Å². The number of aromatic nitrogens is 3. The largest absolute Gasteiger partial charge is 0.444 e. The van der Waals surface area contributed by atoms with Crippen LogP contribution in [-0.4, -0.2) is 51.5 Å². The van der Waals surface area contributed by atoms with Crippen LogP contribution in [0.15, 0.2) is 35.6 Å². The van der Waals surface area contributed by atoms with E-state index in [1.165, 1.54) is 6.33 Å². The summed E-state index contributed by atoms with van der Waals surface area (Å²) >= 11 is 0. The Balaban J connectivity index is 0.00000480. The third-order valence-corrected chi connectivity index (χ3v) is 3.92. The van der Waals surface area contributed by atoms with Crippen molar-refractivity contribution in [2.75, 3.05) is 13.1 Å². The first kappa shape index (κ1) is 26.7. The number of H-pyrrole nitrogens is 1. The number of benzene rings is 1. The lowest BCUT2D eigenvalue weighted by molar-refractivity contribution is 0.0474. The zero-order valence-corrected chi connectivity index (χ0v) is 21.4. The highest BCUT2D eigenvalue weighted by molar-refractivity contribution is 14.0. The molecule has 0 radical (unpaired) electrons. The Morgan fingerprint density at radius 1 is 1.19 bits per heavy atom. The summed E-state index contributed by atoms with van der Waals surface area (Å²) in [6, 6.07) is 7.99. The quantitative estimate of drug-likeness (QED) is 0.242. The lowest BCUT2D eigenvalue weighted by Crippen LogP contribution is -2.54. The van der Waals surface area contributed by atoms with Crippen molar-refractivity contribution < 1.29 is 9.53 Å². The number of aliphatic imine (C=N–C) groups is 1. The Hall–Kier alpha value is -2.37. The fourth-order valence-electron chi connectivity index (χ4n) is 2.60. The van der Waals surface area contributed by atoms with Crippen LogP contribution >= 0.6 is 24.0 Å². The van der Waals surface area contributed by atoms with Crippen molar-refractivity contribution in [2.24, 2.45) is 4.99 Å². The molecule has 0 aliphatic carbocycles. The normalized spacial score (nSPS) is 12.0. The zero-order valence-electron chi connectivity index (χ0n) is 19.1. The number of guanidine groups is 1. The highest BCUT2D eigenvalue weighted by atomic mass is 127. The van der Waals surface area contributed by atoms with E-state index in [0.29, 0.717) is 19.0 Å². The van der Waals surface area contributed by atoms with Crippen molar-refractivity contribution >= 4 is 36.0 Å². The van der Waals surface area contributed by atoms with Gasteiger partial charge in [0.25, 0.3) is 0 Å². The number of carbonyl (C=O) groups excluding carboxylic acids is 1. The number of rotatable bonds is 7. The van der Waals surface area contributed by atoms with Gasteiger partial charge in [-0.05, 0) is 53.2 Å². The predicted octanol–water partition coefficient (Wildman–Crippen LogP) is 3.45. The van der Waals surface area contributed by atoms with Gasteiger partial charge in [0.1, 0.15) is 11.9 Å². The summed E-state index contributed by atoms with van der Waals surface area (Å²) in [7, 11) is 0. The molecule has 0 spiro atoms. The van der Waals surface area contributed by atoms with E-state index >= 15 is 0 Å². The van der Waals surface area contributed by atoms with Crippen molar-refractivity contribution in [3.8, 4) is 11.4 Å². The van der Waals surface area contributed by atoms with E-state index in [1.54, 1.807) is 0 Å². The number of halogens is 1. The first-order chi connectivity index (χ1) is 14.1. The number of alkyl carbamates (subject to hydrolysis) is 1. The third kappa shape index (κ3) is 9.99. The van der Waals surface area contributed by atoms with E-state index in [4.69, 9.17) is 4.74 Å². The molecule has 0 saturated heterocycles. The van der Waals surface area contributed by atoms with Gasteiger partial charge < -0.3 is 20.7 Å². The van der Waals surface area contributed by atoms with Gasteiger partial charge in [0.2, 0.25) is 0 Å². The van der Waals surface area contributed by atoms with Crippen LogP contribution in [0, 0.1) is 0 Å². The maximum atomic E-state index is 12.1. The van der Waals surface area contributed by atoms with Crippen LogP contribution in [0.3, 0.4) is 0 Å². The summed E-state index contributed by atoms with van der Waals surface area (Å²) in [6.45, 7) is 13.1. The number of nitrogens with zero attached hydrogens (tertiary/aromatic N) is 3. The van der Waals surface area contributed by atoms with Crippen molar-refractivity contribution in [1.82, 2.24) is 31.1 Å². The molecule has 4 N–H and O–H groups in total. The molecule has 10 heteroatoms. The summed E-state index contributed by atoms with van der Waals surface area (Å²) in [5, 5.41) is 16.1. The van der Waals surface area contributed by atoms with Gasteiger partial charge in [-0.25, -0.2) is 14.8 Å². The molecule has 0 bridgehead atoms. The summed E-state index contributed by atoms with van der Waals surface area (Å²) in [5.74, 6) is 1.39. The minimum atomic E-state index is -0.537. The zero-order chi connectivity index (χ0) is 22.2. The van der Waals surface area contributed by atoms with Gasteiger partial charge in [0.15, 0.2) is 11.8 Å². The van der Waals surface area contributed by atoms with Gasteiger partial charge >= 0.3 is 6.09 Å². The minimum absolute atomic E-state index is 0. The monoisotopic (exact) mass is 543 g/mol. The van der Waals surface area contributed by atoms with Crippen LogP contribution in [0.25, 0.3) is 11.4 Å². The van der Waals surface area contributed by atoms with Crippen LogP contribution in [0.4, 0.5) is 4.79 Å². The Morgan fingerprint density at radius 2 is 1.94 bits per heavy atom. The number of ether oxygens (including phenoxy) is 1. The molecule has 172 valence electrons. The van der Waals surface area contributed by atoms with Gasteiger partial charge in [-0.15, -0.1) is 24.0 Å². The Morgan fingerprint density at radius 3 is 2.55 bits per heavy atom. The van der Waals surface area contributed by atoms with Crippen molar-refractivity contribution in [3.63, 3.8) is 0 Å². The lowest BCUT2D eigenvalue weighted by atomic mass is 10.1. The molecule has 0 unspecified atom stereocenters. The molecule has 2 rings (SSSR count). The Labute approximate surface area is 201 Å². The summed E-state index contributed by atoms with van der Waals surface area (Å²) in [4.78, 5) is 20.9. The third-order valence-electron chi connectivity index (χ3n) is 3.92.